The predicted molar refractivity (Wildman–Crippen MR) is 117 cm³/mol. The molecule has 0 bridgehead atoms. The Morgan fingerprint density at radius 3 is 2.10 bits per heavy atom. The molecule has 0 fully saturated rings. The minimum Gasteiger partial charge on any atom is -0.465 e. The summed E-state index contributed by atoms with van der Waals surface area (Å²) in [5, 5.41) is 13.4. The van der Waals surface area contributed by atoms with Gasteiger partial charge in [0.1, 0.15) is 0 Å². The topological polar surface area (TPSA) is 72.8 Å². The van der Waals surface area contributed by atoms with Crippen molar-refractivity contribution in [3.8, 4) is 0 Å². The van der Waals surface area contributed by atoms with Gasteiger partial charge in [-0.1, -0.05) is 62.4 Å². The molecule has 5 heteroatoms. The lowest BCUT2D eigenvalue weighted by Gasteiger charge is -2.18. The van der Waals surface area contributed by atoms with Gasteiger partial charge in [-0.2, -0.15) is 0 Å². The van der Waals surface area contributed by atoms with Gasteiger partial charge in [0.25, 0.3) is 0 Å². The minimum atomic E-state index is -0.646. The number of hydrogen-bond donors (Lipinski definition) is 1. The Kier molecular flexibility index (Phi) is 7.41. The molecule has 3 aromatic rings. The molecule has 0 radical (unpaired) electrons. The summed E-state index contributed by atoms with van der Waals surface area (Å²) in [6.07, 6.45) is 1.49. The van der Waals surface area contributed by atoms with Crippen molar-refractivity contribution < 1.29 is 24.2 Å². The van der Waals surface area contributed by atoms with Crippen LogP contribution in [0.5, 0.6) is 0 Å². The van der Waals surface area contributed by atoms with Gasteiger partial charge in [0, 0.05) is 6.42 Å². The summed E-state index contributed by atoms with van der Waals surface area (Å²) < 4.78 is 10.2. The monoisotopic (exact) mass is 408 g/mol. The van der Waals surface area contributed by atoms with E-state index in [-0.39, 0.29) is 12.6 Å². The van der Waals surface area contributed by atoms with Crippen LogP contribution in [0, 0.1) is 11.8 Å². The Labute approximate surface area is 176 Å². The van der Waals surface area contributed by atoms with Crippen molar-refractivity contribution in [3.63, 3.8) is 0 Å². The first-order valence-electron chi connectivity index (χ1n) is 10.4. The van der Waals surface area contributed by atoms with Gasteiger partial charge in [-0.25, -0.2) is 0 Å². The summed E-state index contributed by atoms with van der Waals surface area (Å²) >= 11 is 0. The average molecular weight is 408 g/mol. The summed E-state index contributed by atoms with van der Waals surface area (Å²) in [5.41, 5.74) is 1.17. The fraction of sp³-hybridized carbons (Fsp3) is 0.360. The second-order valence-corrected chi connectivity index (χ2v) is 7.55. The number of esters is 2. The molecule has 0 spiro atoms. The predicted octanol–water partition coefficient (Wildman–Crippen LogP) is 4.62. The maximum Gasteiger partial charge on any atom is 0.311 e. The van der Waals surface area contributed by atoms with Crippen LogP contribution in [0.2, 0.25) is 0 Å². The molecule has 2 atom stereocenters. The fourth-order valence-electron chi connectivity index (χ4n) is 3.91. The second-order valence-electron chi connectivity index (χ2n) is 7.55. The highest BCUT2D eigenvalue weighted by Crippen LogP contribution is 2.29. The molecule has 0 aliphatic carbocycles. The number of benzene rings is 3. The Hall–Kier alpha value is -2.92. The summed E-state index contributed by atoms with van der Waals surface area (Å²) in [6.45, 7) is 3.24. The third-order valence-corrected chi connectivity index (χ3v) is 5.55. The van der Waals surface area contributed by atoms with Crippen LogP contribution in [-0.4, -0.2) is 30.4 Å². The molecule has 30 heavy (non-hydrogen) atoms. The summed E-state index contributed by atoms with van der Waals surface area (Å²) in [5.74, 6) is -1.66. The highest BCUT2D eigenvalue weighted by molar-refractivity contribution is 6.02. The SMILES string of the molecule is CCC(CC(C)C(=O)OCCc1c2ccccc2cc2ccccc12)C(=O)OCO. The molecule has 3 aromatic carbocycles. The highest BCUT2D eigenvalue weighted by atomic mass is 16.6. The van der Waals surface area contributed by atoms with E-state index in [0.29, 0.717) is 19.3 Å². The quantitative estimate of drug-likeness (QED) is 0.318. The van der Waals surface area contributed by atoms with E-state index in [0.717, 1.165) is 10.8 Å². The third-order valence-electron chi connectivity index (χ3n) is 5.55. The van der Waals surface area contributed by atoms with E-state index in [2.05, 4.69) is 35.1 Å². The minimum absolute atomic E-state index is 0.277. The molecule has 0 aliphatic heterocycles. The lowest BCUT2D eigenvalue weighted by atomic mass is 9.93. The molecule has 1 N–H and O–H groups in total. The summed E-state index contributed by atoms with van der Waals surface area (Å²) in [7, 11) is 0. The maximum absolute atomic E-state index is 12.5. The number of rotatable bonds is 9. The number of fused-ring (bicyclic) bond motifs is 2. The molecular weight excluding hydrogens is 380 g/mol. The van der Waals surface area contributed by atoms with Crippen molar-refractivity contribution in [2.45, 2.75) is 33.1 Å². The number of aliphatic hydroxyl groups is 1. The van der Waals surface area contributed by atoms with Gasteiger partial charge in [0.15, 0.2) is 6.79 Å². The van der Waals surface area contributed by atoms with Gasteiger partial charge in [0.2, 0.25) is 0 Å². The largest absolute Gasteiger partial charge is 0.465 e. The number of aliphatic hydroxyl groups excluding tert-OH is 1. The summed E-state index contributed by atoms with van der Waals surface area (Å²) in [4.78, 5) is 24.3. The van der Waals surface area contributed by atoms with Crippen molar-refractivity contribution in [2.24, 2.45) is 11.8 Å². The Morgan fingerprint density at radius 2 is 1.53 bits per heavy atom. The lowest BCUT2D eigenvalue weighted by molar-refractivity contribution is -0.158. The van der Waals surface area contributed by atoms with Crippen LogP contribution >= 0.6 is 0 Å². The van der Waals surface area contributed by atoms with E-state index >= 15 is 0 Å². The number of carbonyl (C=O) groups excluding carboxylic acids is 2. The Balaban J connectivity index is 1.68. The van der Waals surface area contributed by atoms with E-state index < -0.39 is 24.6 Å². The van der Waals surface area contributed by atoms with Crippen molar-refractivity contribution in [1.82, 2.24) is 0 Å². The van der Waals surface area contributed by atoms with Gasteiger partial charge in [0.05, 0.1) is 18.4 Å². The molecule has 0 aromatic heterocycles. The van der Waals surface area contributed by atoms with E-state index in [1.165, 1.54) is 16.3 Å². The zero-order chi connectivity index (χ0) is 21.5. The van der Waals surface area contributed by atoms with Crippen molar-refractivity contribution in [1.29, 1.82) is 0 Å². The molecule has 0 amide bonds. The third kappa shape index (κ3) is 4.97. The Morgan fingerprint density at radius 1 is 0.933 bits per heavy atom. The van der Waals surface area contributed by atoms with Crippen LogP contribution in [0.25, 0.3) is 21.5 Å². The van der Waals surface area contributed by atoms with E-state index in [1.807, 2.05) is 31.2 Å². The second kappa shape index (κ2) is 10.2. The first kappa shape index (κ1) is 21.8. The summed E-state index contributed by atoms with van der Waals surface area (Å²) in [6, 6.07) is 18.6. The first-order chi connectivity index (χ1) is 14.5. The van der Waals surface area contributed by atoms with Crippen LogP contribution in [0.4, 0.5) is 0 Å². The van der Waals surface area contributed by atoms with Crippen molar-refractivity contribution >= 4 is 33.5 Å². The number of ether oxygens (including phenoxy) is 2. The number of carbonyl (C=O) groups is 2. The van der Waals surface area contributed by atoms with Crippen LogP contribution in [0.15, 0.2) is 54.6 Å². The van der Waals surface area contributed by atoms with Crippen molar-refractivity contribution in [2.75, 3.05) is 13.4 Å². The molecule has 5 nitrogen and oxygen atoms in total. The van der Waals surface area contributed by atoms with Crippen molar-refractivity contribution in [3.05, 3.63) is 60.2 Å². The van der Waals surface area contributed by atoms with Crippen LogP contribution in [0.3, 0.4) is 0 Å². The molecule has 3 rings (SSSR count). The first-order valence-corrected chi connectivity index (χ1v) is 10.4. The average Bonchev–Trinajstić information content (AvgIpc) is 2.76. The van der Waals surface area contributed by atoms with Crippen LogP contribution < -0.4 is 0 Å². The van der Waals surface area contributed by atoms with Crippen LogP contribution in [0.1, 0.15) is 32.3 Å². The van der Waals surface area contributed by atoms with Gasteiger partial charge in [-0.05, 0) is 46.0 Å². The lowest BCUT2D eigenvalue weighted by Crippen LogP contribution is -2.24. The highest BCUT2D eigenvalue weighted by Gasteiger charge is 2.25. The van der Waals surface area contributed by atoms with Gasteiger partial charge in [-0.15, -0.1) is 0 Å². The molecule has 0 aliphatic rings. The Bertz CT molecular complexity index is 972. The molecule has 0 saturated carbocycles. The standard InChI is InChI=1S/C25H28O5/c1-3-18(25(28)30-16-26)14-17(2)24(27)29-13-12-23-21-10-6-4-8-19(21)15-20-9-5-7-11-22(20)23/h4-11,15,17-18,26H,3,12-14,16H2,1-2H3. The van der Waals surface area contributed by atoms with E-state index in [4.69, 9.17) is 9.84 Å². The zero-order valence-electron chi connectivity index (χ0n) is 17.5. The normalized spacial score (nSPS) is 13.2. The van der Waals surface area contributed by atoms with Crippen LogP contribution in [-0.2, 0) is 25.5 Å². The van der Waals surface area contributed by atoms with Gasteiger partial charge in [-0.3, -0.25) is 9.59 Å². The van der Waals surface area contributed by atoms with E-state index in [9.17, 15) is 9.59 Å². The smallest absolute Gasteiger partial charge is 0.311 e. The maximum atomic E-state index is 12.5. The number of hydrogen-bond acceptors (Lipinski definition) is 5. The fourth-order valence-corrected chi connectivity index (χ4v) is 3.91. The zero-order valence-corrected chi connectivity index (χ0v) is 17.5. The molecule has 158 valence electrons. The molecule has 0 heterocycles. The molecular formula is C25H28O5. The van der Waals surface area contributed by atoms with E-state index in [1.54, 1.807) is 6.92 Å². The molecule has 2 unspecified atom stereocenters. The van der Waals surface area contributed by atoms with Gasteiger partial charge >= 0.3 is 11.9 Å². The van der Waals surface area contributed by atoms with Gasteiger partial charge < -0.3 is 14.6 Å². The molecule has 0 saturated heterocycles.